The average Bonchev–Trinajstić information content (AvgIpc) is 2.65. The summed E-state index contributed by atoms with van der Waals surface area (Å²) in [6, 6.07) is 5.39. The summed E-state index contributed by atoms with van der Waals surface area (Å²) >= 11 is 5.01. The number of rotatable bonds is 3. The lowest BCUT2D eigenvalue weighted by molar-refractivity contribution is -0.121. The zero-order valence-corrected chi connectivity index (χ0v) is 11.7. The van der Waals surface area contributed by atoms with Gasteiger partial charge in [-0.3, -0.25) is 9.69 Å². The van der Waals surface area contributed by atoms with Crippen LogP contribution in [0.1, 0.15) is 5.56 Å². The maximum Gasteiger partial charge on any atom is 0.276 e. The standard InChI is InChI=1S/C13H14N2O3S/c1-15-12(16)11(14-13(15)19)6-8-4-9(17-2)7-10(5-8)18-3/h4-7H,1-3H3,(H,14,19). The van der Waals surface area contributed by atoms with E-state index in [2.05, 4.69) is 5.32 Å². The fraction of sp³-hybridized carbons (Fsp3) is 0.231. The largest absolute Gasteiger partial charge is 0.497 e. The Labute approximate surface area is 116 Å². The quantitative estimate of drug-likeness (QED) is 0.669. The van der Waals surface area contributed by atoms with Crippen LogP contribution >= 0.6 is 12.2 Å². The van der Waals surface area contributed by atoms with Crippen molar-refractivity contribution in [3.8, 4) is 11.5 Å². The van der Waals surface area contributed by atoms with Crippen LogP contribution in [0.5, 0.6) is 11.5 Å². The number of nitrogens with zero attached hydrogens (tertiary/aromatic N) is 1. The Kier molecular flexibility index (Phi) is 3.71. The van der Waals surface area contributed by atoms with Gasteiger partial charge in [-0.25, -0.2) is 0 Å². The van der Waals surface area contributed by atoms with Crippen molar-refractivity contribution in [3.05, 3.63) is 29.5 Å². The van der Waals surface area contributed by atoms with E-state index >= 15 is 0 Å². The molecule has 0 bridgehead atoms. The summed E-state index contributed by atoms with van der Waals surface area (Å²) in [7, 11) is 4.78. The van der Waals surface area contributed by atoms with Crippen molar-refractivity contribution in [2.45, 2.75) is 0 Å². The molecule has 1 aromatic rings. The zero-order chi connectivity index (χ0) is 14.0. The van der Waals surface area contributed by atoms with Crippen molar-refractivity contribution in [2.75, 3.05) is 21.3 Å². The molecular formula is C13H14N2O3S. The fourth-order valence-electron chi connectivity index (χ4n) is 1.70. The first-order chi connectivity index (χ1) is 9.05. The molecule has 1 aliphatic heterocycles. The van der Waals surface area contributed by atoms with Crippen molar-refractivity contribution >= 4 is 29.3 Å². The molecule has 1 aliphatic rings. The minimum atomic E-state index is -0.160. The van der Waals surface area contributed by atoms with E-state index in [0.29, 0.717) is 22.3 Å². The van der Waals surface area contributed by atoms with Crippen molar-refractivity contribution in [2.24, 2.45) is 0 Å². The van der Waals surface area contributed by atoms with E-state index in [1.807, 2.05) is 12.1 Å². The van der Waals surface area contributed by atoms with Crippen molar-refractivity contribution in [1.82, 2.24) is 10.2 Å². The van der Waals surface area contributed by atoms with Gasteiger partial charge < -0.3 is 14.8 Å². The summed E-state index contributed by atoms with van der Waals surface area (Å²) in [5, 5.41) is 3.26. The number of nitrogens with one attached hydrogen (secondary N) is 1. The molecule has 0 atom stereocenters. The summed E-state index contributed by atoms with van der Waals surface area (Å²) in [6.45, 7) is 0. The number of methoxy groups -OCH3 is 2. The number of ether oxygens (including phenoxy) is 2. The molecule has 2 rings (SSSR count). The number of amides is 1. The molecule has 0 spiro atoms. The third-order valence-corrected chi connectivity index (χ3v) is 3.14. The van der Waals surface area contributed by atoms with Crippen LogP contribution in [0, 0.1) is 0 Å². The second kappa shape index (κ2) is 5.27. The van der Waals surface area contributed by atoms with E-state index in [1.165, 1.54) is 4.90 Å². The van der Waals surface area contributed by atoms with E-state index in [0.717, 1.165) is 5.56 Å². The number of carbonyl (C=O) groups excluding carboxylic acids is 1. The number of hydrogen-bond donors (Lipinski definition) is 1. The van der Waals surface area contributed by atoms with Crippen LogP contribution in [0.4, 0.5) is 0 Å². The van der Waals surface area contributed by atoms with E-state index in [1.54, 1.807) is 33.4 Å². The predicted octanol–water partition coefficient (Wildman–Crippen LogP) is 1.39. The third kappa shape index (κ3) is 2.68. The molecule has 1 fully saturated rings. The van der Waals surface area contributed by atoms with E-state index in [9.17, 15) is 4.79 Å². The van der Waals surface area contributed by atoms with Crippen LogP contribution < -0.4 is 14.8 Å². The predicted molar refractivity (Wildman–Crippen MR) is 76.0 cm³/mol. The number of benzene rings is 1. The maximum atomic E-state index is 11.9. The van der Waals surface area contributed by atoms with Gasteiger partial charge in [-0.2, -0.15) is 0 Å². The van der Waals surface area contributed by atoms with Gasteiger partial charge in [0.05, 0.1) is 14.2 Å². The smallest absolute Gasteiger partial charge is 0.276 e. The molecule has 100 valence electrons. The van der Waals surface area contributed by atoms with Crippen molar-refractivity contribution in [3.63, 3.8) is 0 Å². The lowest BCUT2D eigenvalue weighted by Crippen LogP contribution is -2.25. The van der Waals surface area contributed by atoms with Gasteiger partial charge in [0.15, 0.2) is 5.11 Å². The first-order valence-electron chi connectivity index (χ1n) is 5.59. The molecular weight excluding hydrogens is 264 g/mol. The molecule has 6 heteroatoms. The Morgan fingerprint density at radius 1 is 1.21 bits per heavy atom. The fourth-order valence-corrected chi connectivity index (χ4v) is 1.90. The summed E-state index contributed by atoms with van der Waals surface area (Å²) in [5.41, 5.74) is 1.23. The topological polar surface area (TPSA) is 50.8 Å². The molecule has 19 heavy (non-hydrogen) atoms. The highest BCUT2D eigenvalue weighted by atomic mass is 32.1. The minimum absolute atomic E-state index is 0.160. The van der Waals surface area contributed by atoms with Gasteiger partial charge >= 0.3 is 0 Å². The van der Waals surface area contributed by atoms with Crippen LogP contribution in [0.2, 0.25) is 0 Å². The monoisotopic (exact) mass is 278 g/mol. The van der Waals surface area contributed by atoms with E-state index < -0.39 is 0 Å². The van der Waals surface area contributed by atoms with Gasteiger partial charge in [-0.15, -0.1) is 0 Å². The van der Waals surface area contributed by atoms with Gasteiger partial charge in [0.2, 0.25) is 0 Å². The van der Waals surface area contributed by atoms with Gasteiger partial charge in [0, 0.05) is 13.1 Å². The highest BCUT2D eigenvalue weighted by Crippen LogP contribution is 2.24. The summed E-state index contributed by atoms with van der Waals surface area (Å²) in [4.78, 5) is 13.3. The second-order valence-corrected chi connectivity index (χ2v) is 4.39. The number of likely N-dealkylation sites (N-methyl/N-ethyl adjacent to an activating group) is 1. The number of carbonyl (C=O) groups is 1. The summed E-state index contributed by atoms with van der Waals surface area (Å²) in [5.74, 6) is 1.16. The molecule has 1 aromatic carbocycles. The minimum Gasteiger partial charge on any atom is -0.497 e. The van der Waals surface area contributed by atoms with Crippen LogP contribution in [0.25, 0.3) is 6.08 Å². The van der Waals surface area contributed by atoms with E-state index in [-0.39, 0.29) is 5.91 Å². The normalized spacial score (nSPS) is 16.8. The first kappa shape index (κ1) is 13.4. The molecule has 0 saturated carbocycles. The van der Waals surface area contributed by atoms with Crippen molar-refractivity contribution < 1.29 is 14.3 Å². The Bertz CT molecular complexity index is 547. The Hall–Kier alpha value is -2.08. The molecule has 1 N–H and O–H groups in total. The highest BCUT2D eigenvalue weighted by molar-refractivity contribution is 7.80. The van der Waals surface area contributed by atoms with Crippen LogP contribution in [0.3, 0.4) is 0 Å². The molecule has 0 aromatic heterocycles. The SMILES string of the molecule is COc1cc(C=C2NC(=S)N(C)C2=O)cc(OC)c1. The molecule has 1 saturated heterocycles. The Balaban J connectivity index is 2.38. The van der Waals surface area contributed by atoms with Crippen LogP contribution in [-0.4, -0.2) is 37.2 Å². The average molecular weight is 278 g/mol. The molecule has 0 unspecified atom stereocenters. The number of hydrogen-bond acceptors (Lipinski definition) is 4. The Morgan fingerprint density at radius 2 is 1.79 bits per heavy atom. The van der Waals surface area contributed by atoms with E-state index in [4.69, 9.17) is 21.7 Å². The van der Waals surface area contributed by atoms with Crippen molar-refractivity contribution in [1.29, 1.82) is 0 Å². The molecule has 0 radical (unpaired) electrons. The highest BCUT2D eigenvalue weighted by Gasteiger charge is 2.26. The van der Waals surface area contributed by atoms with Crippen LogP contribution in [-0.2, 0) is 4.79 Å². The lowest BCUT2D eigenvalue weighted by atomic mass is 10.1. The zero-order valence-electron chi connectivity index (χ0n) is 10.9. The molecule has 1 heterocycles. The van der Waals surface area contributed by atoms with Gasteiger partial charge in [0.25, 0.3) is 5.91 Å². The number of thiocarbonyl (C=S) groups is 1. The lowest BCUT2D eigenvalue weighted by Gasteiger charge is -2.06. The molecule has 0 aliphatic carbocycles. The molecule has 5 nitrogen and oxygen atoms in total. The van der Waals surface area contributed by atoms with Gasteiger partial charge in [-0.1, -0.05) is 0 Å². The summed E-state index contributed by atoms with van der Waals surface area (Å²) < 4.78 is 10.4. The van der Waals surface area contributed by atoms with Gasteiger partial charge in [-0.05, 0) is 36.0 Å². The van der Waals surface area contributed by atoms with Crippen LogP contribution in [0.15, 0.2) is 23.9 Å². The molecule has 1 amide bonds. The first-order valence-corrected chi connectivity index (χ1v) is 6.00. The maximum absolute atomic E-state index is 11.9. The summed E-state index contributed by atoms with van der Waals surface area (Å²) in [6.07, 6.45) is 1.71. The van der Waals surface area contributed by atoms with Gasteiger partial charge in [0.1, 0.15) is 17.2 Å². The second-order valence-electron chi connectivity index (χ2n) is 4.00. The third-order valence-electron chi connectivity index (χ3n) is 2.77. The Morgan fingerprint density at radius 3 is 2.21 bits per heavy atom.